The van der Waals surface area contributed by atoms with Crippen LogP contribution in [0.5, 0.6) is 0 Å². The van der Waals surface area contributed by atoms with Crippen LogP contribution in [0.25, 0.3) is 28.1 Å². The molecule has 0 N–H and O–H groups in total. The minimum Gasteiger partial charge on any atom is -0.444 e. The van der Waals surface area contributed by atoms with E-state index in [2.05, 4.69) is 0 Å². The molecule has 1 aliphatic rings. The molecule has 5 nitrogen and oxygen atoms in total. The van der Waals surface area contributed by atoms with E-state index in [-0.39, 0.29) is 6.09 Å². The molecular weight excluding hydrogens is 457 g/mol. The van der Waals surface area contributed by atoms with E-state index in [9.17, 15) is 4.79 Å². The molecule has 0 unspecified atom stereocenters. The Bertz CT molecular complexity index is 1180. The fourth-order valence-electron chi connectivity index (χ4n) is 3.57. The van der Waals surface area contributed by atoms with Crippen molar-refractivity contribution in [3.8, 4) is 22.5 Å². The van der Waals surface area contributed by atoms with Gasteiger partial charge in [0, 0.05) is 34.3 Å². The average Bonchev–Trinajstić information content (AvgIpc) is 2.79. The second-order valence-corrected chi connectivity index (χ2v) is 9.74. The van der Waals surface area contributed by atoms with Gasteiger partial charge < -0.3 is 9.64 Å². The molecular formula is C26H25Cl2N3O2. The zero-order chi connectivity index (χ0) is 23.6. The molecule has 1 aliphatic heterocycles. The fraction of sp³-hybridized carbons (Fsp3) is 0.269. The normalized spacial score (nSPS) is 14.1. The van der Waals surface area contributed by atoms with Gasteiger partial charge in [0.05, 0.1) is 23.3 Å². The summed E-state index contributed by atoms with van der Waals surface area (Å²) in [5.74, 6) is 0. The van der Waals surface area contributed by atoms with Gasteiger partial charge in [0.1, 0.15) is 5.60 Å². The number of halogens is 2. The zero-order valence-corrected chi connectivity index (χ0v) is 20.3. The Labute approximate surface area is 204 Å². The number of carbonyl (C=O) groups excluding carboxylic acids is 1. The van der Waals surface area contributed by atoms with E-state index in [1.165, 1.54) is 0 Å². The number of aromatic nitrogens is 2. The molecule has 170 valence electrons. The second-order valence-electron chi connectivity index (χ2n) is 8.87. The third-order valence-electron chi connectivity index (χ3n) is 5.20. The minimum absolute atomic E-state index is 0.302. The summed E-state index contributed by atoms with van der Waals surface area (Å²) in [6.45, 7) is 6.64. The number of amides is 1. The van der Waals surface area contributed by atoms with E-state index in [4.69, 9.17) is 37.9 Å². The summed E-state index contributed by atoms with van der Waals surface area (Å²) in [5.41, 5.74) is 4.72. The van der Waals surface area contributed by atoms with Gasteiger partial charge in [0.15, 0.2) is 0 Å². The van der Waals surface area contributed by atoms with Crippen LogP contribution < -0.4 is 0 Å². The molecule has 33 heavy (non-hydrogen) atoms. The highest BCUT2D eigenvalue weighted by atomic mass is 35.5. The molecule has 0 bridgehead atoms. The number of carbonyl (C=O) groups is 1. The first kappa shape index (κ1) is 23.3. The van der Waals surface area contributed by atoms with E-state index >= 15 is 0 Å². The molecule has 1 aromatic heterocycles. The largest absolute Gasteiger partial charge is 0.444 e. The summed E-state index contributed by atoms with van der Waals surface area (Å²) in [7, 11) is 0. The van der Waals surface area contributed by atoms with Crippen LogP contribution in [0.3, 0.4) is 0 Å². The SMILES string of the molecule is CC(C)(C)OC(=O)N1CC=C(c2cnc(-c3ccc(Cl)cc3)c(-c3ccc(Cl)cc3)n2)CC1. The lowest BCUT2D eigenvalue weighted by atomic mass is 10.0. The van der Waals surface area contributed by atoms with Crippen LogP contribution in [0.1, 0.15) is 32.9 Å². The van der Waals surface area contributed by atoms with Crippen LogP contribution in [0.2, 0.25) is 10.0 Å². The lowest BCUT2D eigenvalue weighted by Gasteiger charge is -2.29. The summed E-state index contributed by atoms with van der Waals surface area (Å²) in [5, 5.41) is 1.33. The smallest absolute Gasteiger partial charge is 0.410 e. The molecule has 2 heterocycles. The van der Waals surface area contributed by atoms with E-state index in [1.807, 2.05) is 75.4 Å². The highest BCUT2D eigenvalue weighted by molar-refractivity contribution is 6.31. The number of ether oxygens (including phenoxy) is 1. The summed E-state index contributed by atoms with van der Waals surface area (Å²) < 4.78 is 5.49. The van der Waals surface area contributed by atoms with Crippen LogP contribution in [0.15, 0.2) is 60.8 Å². The van der Waals surface area contributed by atoms with Crippen LogP contribution in [-0.4, -0.2) is 39.7 Å². The Morgan fingerprint density at radius 3 is 2.03 bits per heavy atom. The summed E-state index contributed by atoms with van der Waals surface area (Å²) in [6, 6.07) is 15.1. The van der Waals surface area contributed by atoms with Crippen molar-refractivity contribution in [3.63, 3.8) is 0 Å². The summed E-state index contributed by atoms with van der Waals surface area (Å²) >= 11 is 12.2. The molecule has 3 aromatic rings. The lowest BCUT2D eigenvalue weighted by molar-refractivity contribution is 0.0270. The molecule has 0 saturated carbocycles. The minimum atomic E-state index is -0.516. The van der Waals surface area contributed by atoms with Gasteiger partial charge in [-0.25, -0.2) is 9.78 Å². The van der Waals surface area contributed by atoms with Crippen molar-refractivity contribution >= 4 is 34.9 Å². The van der Waals surface area contributed by atoms with E-state index < -0.39 is 5.60 Å². The first-order chi connectivity index (χ1) is 15.7. The van der Waals surface area contributed by atoms with Gasteiger partial charge in [-0.05, 0) is 57.0 Å². The Morgan fingerprint density at radius 1 is 0.939 bits per heavy atom. The van der Waals surface area contributed by atoms with Crippen LogP contribution in [0.4, 0.5) is 4.79 Å². The van der Waals surface area contributed by atoms with Crippen molar-refractivity contribution in [2.45, 2.75) is 32.8 Å². The van der Waals surface area contributed by atoms with Crippen LogP contribution >= 0.6 is 23.2 Å². The van der Waals surface area contributed by atoms with Gasteiger partial charge in [-0.15, -0.1) is 0 Å². The van der Waals surface area contributed by atoms with E-state index in [0.717, 1.165) is 33.8 Å². The van der Waals surface area contributed by atoms with E-state index in [0.29, 0.717) is 29.6 Å². The maximum atomic E-state index is 12.4. The van der Waals surface area contributed by atoms with Gasteiger partial charge in [0.2, 0.25) is 0 Å². The van der Waals surface area contributed by atoms with Crippen molar-refractivity contribution in [1.29, 1.82) is 0 Å². The molecule has 0 atom stereocenters. The van der Waals surface area contributed by atoms with Crippen LogP contribution in [-0.2, 0) is 4.74 Å². The molecule has 1 amide bonds. The van der Waals surface area contributed by atoms with Crippen LogP contribution in [0, 0.1) is 0 Å². The third kappa shape index (κ3) is 5.73. The molecule has 0 aliphatic carbocycles. The average molecular weight is 482 g/mol. The molecule has 7 heteroatoms. The second kappa shape index (κ2) is 9.54. The molecule has 4 rings (SSSR count). The van der Waals surface area contributed by atoms with Gasteiger partial charge in [-0.2, -0.15) is 0 Å². The predicted molar refractivity (Wildman–Crippen MR) is 133 cm³/mol. The van der Waals surface area contributed by atoms with Gasteiger partial charge in [-0.1, -0.05) is 53.5 Å². The Balaban J connectivity index is 1.66. The predicted octanol–water partition coefficient (Wildman–Crippen LogP) is 7.14. The molecule has 0 spiro atoms. The number of hydrogen-bond acceptors (Lipinski definition) is 4. The summed E-state index contributed by atoms with van der Waals surface area (Å²) in [6.07, 6.45) is 4.18. The highest BCUT2D eigenvalue weighted by Gasteiger charge is 2.24. The Morgan fingerprint density at radius 2 is 1.52 bits per heavy atom. The number of hydrogen-bond donors (Lipinski definition) is 0. The van der Waals surface area contributed by atoms with Crippen molar-refractivity contribution in [2.75, 3.05) is 13.1 Å². The van der Waals surface area contributed by atoms with Crippen molar-refractivity contribution < 1.29 is 9.53 Å². The van der Waals surface area contributed by atoms with Crippen molar-refractivity contribution in [3.05, 3.63) is 76.5 Å². The standard InChI is InChI=1S/C26H25Cl2N3O2/c1-26(2,3)33-25(32)31-14-12-17(13-15-31)22-16-29-23(18-4-8-20(27)9-5-18)24(30-22)19-6-10-21(28)11-7-19/h4-12,16H,13-15H2,1-3H3. The first-order valence-corrected chi connectivity index (χ1v) is 11.5. The third-order valence-corrected chi connectivity index (χ3v) is 5.70. The fourth-order valence-corrected chi connectivity index (χ4v) is 3.82. The van der Waals surface area contributed by atoms with Gasteiger partial charge in [0.25, 0.3) is 0 Å². The van der Waals surface area contributed by atoms with E-state index in [1.54, 1.807) is 11.1 Å². The zero-order valence-electron chi connectivity index (χ0n) is 18.8. The van der Waals surface area contributed by atoms with Crippen molar-refractivity contribution in [1.82, 2.24) is 14.9 Å². The summed E-state index contributed by atoms with van der Waals surface area (Å²) in [4.78, 5) is 23.8. The topological polar surface area (TPSA) is 55.3 Å². The highest BCUT2D eigenvalue weighted by Crippen LogP contribution is 2.32. The van der Waals surface area contributed by atoms with Gasteiger partial charge in [-0.3, -0.25) is 4.98 Å². The first-order valence-electron chi connectivity index (χ1n) is 10.8. The molecule has 0 saturated heterocycles. The number of rotatable bonds is 3. The molecule has 0 fully saturated rings. The quantitative estimate of drug-likeness (QED) is 0.398. The Hall–Kier alpha value is -2.89. The number of nitrogens with zero attached hydrogens (tertiary/aromatic N) is 3. The monoisotopic (exact) mass is 481 g/mol. The van der Waals surface area contributed by atoms with Gasteiger partial charge >= 0.3 is 6.09 Å². The Kier molecular flexibility index (Phi) is 6.73. The maximum absolute atomic E-state index is 12.4. The molecule has 2 aromatic carbocycles. The maximum Gasteiger partial charge on any atom is 0.410 e. The lowest BCUT2D eigenvalue weighted by Crippen LogP contribution is -2.39. The molecule has 0 radical (unpaired) electrons. The van der Waals surface area contributed by atoms with Crippen molar-refractivity contribution in [2.24, 2.45) is 0 Å². The number of benzene rings is 2.